The smallest absolute Gasteiger partial charge is 0.426 e. The van der Waals surface area contributed by atoms with E-state index in [1.165, 1.54) is 6.92 Å². The monoisotopic (exact) mass is 405 g/mol. The molecular formula is C13H10BrF6NO2. The van der Waals surface area contributed by atoms with E-state index in [0.29, 0.717) is 15.6 Å². The van der Waals surface area contributed by atoms with Gasteiger partial charge in [-0.05, 0) is 30.2 Å². The third-order valence-corrected chi connectivity index (χ3v) is 3.90. The van der Waals surface area contributed by atoms with Crippen molar-refractivity contribution in [2.75, 3.05) is 0 Å². The summed E-state index contributed by atoms with van der Waals surface area (Å²) in [5.41, 5.74) is 1.26. The maximum Gasteiger partial charge on any atom is 0.434 e. The van der Waals surface area contributed by atoms with Crippen molar-refractivity contribution >= 4 is 22.0 Å². The Bertz CT molecular complexity index is 601. The van der Waals surface area contributed by atoms with Crippen molar-refractivity contribution in [1.82, 2.24) is 4.90 Å². The van der Waals surface area contributed by atoms with Crippen LogP contribution in [0.25, 0.3) is 0 Å². The van der Waals surface area contributed by atoms with Crippen molar-refractivity contribution in [3.05, 3.63) is 33.8 Å². The van der Waals surface area contributed by atoms with Crippen LogP contribution in [-0.2, 0) is 11.3 Å². The normalized spacial score (nSPS) is 18.3. The zero-order valence-corrected chi connectivity index (χ0v) is 13.1. The van der Waals surface area contributed by atoms with E-state index in [1.807, 2.05) is 0 Å². The maximum absolute atomic E-state index is 12.5. The number of benzene rings is 1. The van der Waals surface area contributed by atoms with Gasteiger partial charge in [0.25, 0.3) is 6.10 Å². The van der Waals surface area contributed by atoms with Crippen LogP contribution in [0, 0.1) is 0 Å². The molecule has 1 heterocycles. The Balaban J connectivity index is 2.19. The van der Waals surface area contributed by atoms with Crippen LogP contribution in [0.15, 0.2) is 22.7 Å². The van der Waals surface area contributed by atoms with Gasteiger partial charge in [-0.2, -0.15) is 26.3 Å². The molecule has 0 aliphatic carbocycles. The molecule has 23 heavy (non-hydrogen) atoms. The van der Waals surface area contributed by atoms with Crippen LogP contribution in [0.1, 0.15) is 24.1 Å². The zero-order valence-electron chi connectivity index (χ0n) is 11.5. The molecule has 1 aromatic carbocycles. The van der Waals surface area contributed by atoms with E-state index in [2.05, 4.69) is 20.7 Å². The Morgan fingerprint density at radius 1 is 1.26 bits per heavy atom. The summed E-state index contributed by atoms with van der Waals surface area (Å²) >= 11 is 3.20. The van der Waals surface area contributed by atoms with Crippen LogP contribution in [0.2, 0.25) is 0 Å². The van der Waals surface area contributed by atoms with Crippen LogP contribution in [0.5, 0.6) is 0 Å². The quantitative estimate of drug-likeness (QED) is 0.618. The van der Waals surface area contributed by atoms with Crippen LogP contribution < -0.4 is 0 Å². The third-order valence-electron chi connectivity index (χ3n) is 3.41. The highest BCUT2D eigenvalue weighted by molar-refractivity contribution is 9.10. The lowest BCUT2D eigenvalue weighted by atomic mass is 10.1. The van der Waals surface area contributed by atoms with E-state index >= 15 is 0 Å². The van der Waals surface area contributed by atoms with E-state index in [4.69, 9.17) is 0 Å². The van der Waals surface area contributed by atoms with Gasteiger partial charge in [0.05, 0.1) is 12.6 Å². The molecule has 128 valence electrons. The van der Waals surface area contributed by atoms with Gasteiger partial charge in [-0.3, -0.25) is 4.90 Å². The Morgan fingerprint density at radius 2 is 1.83 bits per heavy atom. The SMILES string of the molecule is CC1c2ccc(Br)cc2CN1C(=O)OC(C(F)(F)F)C(F)(F)F. The van der Waals surface area contributed by atoms with Gasteiger partial charge in [0.2, 0.25) is 0 Å². The molecule has 0 radical (unpaired) electrons. The first-order valence-electron chi connectivity index (χ1n) is 6.30. The molecule has 1 amide bonds. The molecule has 1 aliphatic rings. The average molecular weight is 406 g/mol. The third kappa shape index (κ3) is 3.73. The van der Waals surface area contributed by atoms with Gasteiger partial charge in [0.15, 0.2) is 0 Å². The van der Waals surface area contributed by atoms with Crippen molar-refractivity contribution in [2.45, 2.75) is 38.0 Å². The van der Waals surface area contributed by atoms with Crippen LogP contribution in [0.4, 0.5) is 31.1 Å². The summed E-state index contributed by atoms with van der Waals surface area (Å²) in [6, 6.07) is 4.26. The lowest BCUT2D eigenvalue weighted by molar-refractivity contribution is -0.308. The summed E-state index contributed by atoms with van der Waals surface area (Å²) in [6.45, 7) is 1.37. The molecule has 1 aromatic rings. The minimum atomic E-state index is -5.73. The predicted molar refractivity (Wildman–Crippen MR) is 70.5 cm³/mol. The predicted octanol–water partition coefficient (Wildman–Crippen LogP) is 4.96. The van der Waals surface area contributed by atoms with Gasteiger partial charge in [-0.15, -0.1) is 0 Å². The van der Waals surface area contributed by atoms with E-state index in [1.54, 1.807) is 18.2 Å². The Morgan fingerprint density at radius 3 is 2.35 bits per heavy atom. The second kappa shape index (κ2) is 5.88. The van der Waals surface area contributed by atoms with Gasteiger partial charge < -0.3 is 4.74 Å². The number of amides is 1. The Labute approximate surface area is 135 Å². The molecule has 0 N–H and O–H groups in total. The molecule has 0 fully saturated rings. The molecule has 2 rings (SSSR count). The van der Waals surface area contributed by atoms with Crippen molar-refractivity contribution in [1.29, 1.82) is 0 Å². The molecule has 3 nitrogen and oxygen atoms in total. The van der Waals surface area contributed by atoms with Crippen LogP contribution in [-0.4, -0.2) is 29.4 Å². The number of hydrogen-bond donors (Lipinski definition) is 0. The van der Waals surface area contributed by atoms with Crippen molar-refractivity contribution in [2.24, 2.45) is 0 Å². The summed E-state index contributed by atoms with van der Waals surface area (Å²) < 4.78 is 79.1. The van der Waals surface area contributed by atoms with Crippen LogP contribution >= 0.6 is 15.9 Å². The standard InChI is InChI=1S/C13H10BrF6NO2/c1-6-9-3-2-8(14)4-7(9)5-21(6)11(22)23-10(12(15,16)17)13(18,19)20/h2-4,6,10H,5H2,1H3. The van der Waals surface area contributed by atoms with Crippen LogP contribution in [0.3, 0.4) is 0 Å². The molecule has 0 aromatic heterocycles. The second-order valence-corrected chi connectivity index (χ2v) is 5.91. The highest BCUT2D eigenvalue weighted by atomic mass is 79.9. The summed E-state index contributed by atoms with van der Waals surface area (Å²) in [7, 11) is 0. The second-order valence-electron chi connectivity index (χ2n) is 4.99. The fraction of sp³-hybridized carbons (Fsp3) is 0.462. The van der Waals surface area contributed by atoms with Gasteiger partial charge in [0, 0.05) is 4.47 Å². The zero-order chi connectivity index (χ0) is 17.6. The molecule has 10 heteroatoms. The fourth-order valence-electron chi connectivity index (χ4n) is 2.32. The number of nitrogens with zero attached hydrogens (tertiary/aromatic N) is 1. The molecule has 0 bridgehead atoms. The highest BCUT2D eigenvalue weighted by Crippen LogP contribution is 2.39. The number of carbonyl (C=O) groups is 1. The highest BCUT2D eigenvalue weighted by Gasteiger charge is 2.60. The van der Waals surface area contributed by atoms with Crippen molar-refractivity contribution in [3.8, 4) is 0 Å². The number of carbonyl (C=O) groups excluding carboxylic acids is 1. The summed E-state index contributed by atoms with van der Waals surface area (Å²) in [5, 5.41) is 0. The molecule has 1 atom stereocenters. The van der Waals surface area contributed by atoms with Gasteiger partial charge >= 0.3 is 18.4 Å². The van der Waals surface area contributed by atoms with E-state index in [0.717, 1.165) is 4.90 Å². The maximum atomic E-state index is 12.5. The lowest BCUT2D eigenvalue weighted by Gasteiger charge is -2.27. The lowest BCUT2D eigenvalue weighted by Crippen LogP contribution is -2.47. The molecule has 1 unspecified atom stereocenters. The van der Waals surface area contributed by atoms with Gasteiger partial charge in [-0.1, -0.05) is 22.0 Å². The largest absolute Gasteiger partial charge is 0.434 e. The molecular weight excluding hydrogens is 396 g/mol. The number of fused-ring (bicyclic) bond motifs is 1. The number of halogens is 7. The number of ether oxygens (including phenoxy) is 1. The Kier molecular flexibility index (Phi) is 4.57. The van der Waals surface area contributed by atoms with E-state index < -0.39 is 30.6 Å². The summed E-state index contributed by atoms with van der Waals surface area (Å²) in [5.74, 6) is 0. The first kappa shape index (κ1) is 17.9. The first-order valence-corrected chi connectivity index (χ1v) is 7.09. The van der Waals surface area contributed by atoms with Crippen molar-refractivity contribution < 1.29 is 35.9 Å². The van der Waals surface area contributed by atoms with Gasteiger partial charge in [0.1, 0.15) is 0 Å². The van der Waals surface area contributed by atoms with E-state index in [-0.39, 0.29) is 6.54 Å². The molecule has 0 spiro atoms. The average Bonchev–Trinajstić information content (AvgIpc) is 2.69. The van der Waals surface area contributed by atoms with E-state index in [9.17, 15) is 31.1 Å². The topological polar surface area (TPSA) is 29.5 Å². The number of alkyl halides is 6. The summed E-state index contributed by atoms with van der Waals surface area (Å²) in [4.78, 5) is 12.6. The number of rotatable bonds is 1. The minimum absolute atomic E-state index is 0.128. The first-order chi connectivity index (χ1) is 10.4. The van der Waals surface area contributed by atoms with Crippen molar-refractivity contribution in [3.63, 3.8) is 0 Å². The fourth-order valence-corrected chi connectivity index (χ4v) is 2.73. The number of hydrogen-bond acceptors (Lipinski definition) is 2. The summed E-state index contributed by atoms with van der Waals surface area (Å²) in [6.07, 6.45) is -17.3. The molecule has 1 aliphatic heterocycles. The molecule has 0 saturated carbocycles. The van der Waals surface area contributed by atoms with Gasteiger partial charge in [-0.25, -0.2) is 4.79 Å². The molecule has 0 saturated heterocycles. The minimum Gasteiger partial charge on any atom is -0.426 e. The Hall–Kier alpha value is -1.45.